The SMILES string of the molecule is CC(C)NCCC(=O)NCC1(C)CCCCC1. The molecule has 0 bridgehead atoms. The van der Waals surface area contributed by atoms with E-state index in [-0.39, 0.29) is 5.91 Å². The Morgan fingerprint density at radius 1 is 1.24 bits per heavy atom. The first kappa shape index (κ1) is 14.5. The number of carbonyl (C=O) groups is 1. The number of amides is 1. The molecule has 3 nitrogen and oxygen atoms in total. The molecular weight excluding hydrogens is 212 g/mol. The number of rotatable bonds is 6. The third-order valence-corrected chi connectivity index (χ3v) is 3.68. The van der Waals surface area contributed by atoms with E-state index >= 15 is 0 Å². The summed E-state index contributed by atoms with van der Waals surface area (Å²) < 4.78 is 0. The topological polar surface area (TPSA) is 41.1 Å². The summed E-state index contributed by atoms with van der Waals surface area (Å²) in [6.45, 7) is 8.13. The third kappa shape index (κ3) is 6.06. The smallest absolute Gasteiger partial charge is 0.221 e. The summed E-state index contributed by atoms with van der Waals surface area (Å²) in [5.41, 5.74) is 0.347. The van der Waals surface area contributed by atoms with Crippen molar-refractivity contribution in [3.63, 3.8) is 0 Å². The van der Waals surface area contributed by atoms with E-state index in [1.54, 1.807) is 0 Å². The molecule has 0 spiro atoms. The molecule has 1 fully saturated rings. The maximum absolute atomic E-state index is 11.7. The average molecular weight is 240 g/mol. The fourth-order valence-corrected chi connectivity index (χ4v) is 2.46. The van der Waals surface area contributed by atoms with Gasteiger partial charge in [-0.15, -0.1) is 0 Å². The second kappa shape index (κ2) is 7.00. The standard InChI is InChI=1S/C14H28N2O/c1-12(2)15-10-7-13(17)16-11-14(3)8-5-4-6-9-14/h12,15H,4-11H2,1-3H3,(H,16,17). The van der Waals surface area contributed by atoms with Crippen LogP contribution in [0, 0.1) is 5.41 Å². The second-order valence-corrected chi connectivity index (χ2v) is 6.01. The van der Waals surface area contributed by atoms with E-state index in [1.807, 2.05) is 0 Å². The molecule has 0 heterocycles. The Morgan fingerprint density at radius 2 is 1.88 bits per heavy atom. The van der Waals surface area contributed by atoms with Gasteiger partial charge in [0.25, 0.3) is 0 Å². The summed E-state index contributed by atoms with van der Waals surface area (Å²) in [4.78, 5) is 11.7. The van der Waals surface area contributed by atoms with E-state index < -0.39 is 0 Å². The molecule has 1 aliphatic rings. The van der Waals surface area contributed by atoms with E-state index in [0.29, 0.717) is 17.9 Å². The molecule has 0 atom stereocenters. The summed E-state index contributed by atoms with van der Waals surface area (Å²) in [5, 5.41) is 6.35. The Hall–Kier alpha value is -0.570. The lowest BCUT2D eigenvalue weighted by Crippen LogP contribution is -2.38. The first-order chi connectivity index (χ1) is 8.02. The second-order valence-electron chi connectivity index (χ2n) is 6.01. The fourth-order valence-electron chi connectivity index (χ4n) is 2.46. The van der Waals surface area contributed by atoms with Gasteiger partial charge in [0.2, 0.25) is 5.91 Å². The van der Waals surface area contributed by atoms with Gasteiger partial charge in [0, 0.05) is 25.6 Å². The van der Waals surface area contributed by atoms with Crippen molar-refractivity contribution < 1.29 is 4.79 Å². The van der Waals surface area contributed by atoms with Crippen LogP contribution in [0.1, 0.15) is 59.3 Å². The van der Waals surface area contributed by atoms with Crippen LogP contribution in [0.2, 0.25) is 0 Å². The zero-order valence-corrected chi connectivity index (χ0v) is 11.6. The van der Waals surface area contributed by atoms with Crippen LogP contribution in [0.25, 0.3) is 0 Å². The molecule has 0 aromatic heterocycles. The van der Waals surface area contributed by atoms with Crippen molar-refractivity contribution in [1.82, 2.24) is 10.6 Å². The van der Waals surface area contributed by atoms with Crippen molar-refractivity contribution in [3.8, 4) is 0 Å². The molecule has 3 heteroatoms. The normalized spacial score (nSPS) is 19.3. The van der Waals surface area contributed by atoms with Crippen LogP contribution < -0.4 is 10.6 Å². The predicted octanol–water partition coefficient (Wildman–Crippen LogP) is 2.46. The van der Waals surface area contributed by atoms with Crippen LogP contribution in [0.3, 0.4) is 0 Å². The van der Waals surface area contributed by atoms with Gasteiger partial charge in [-0.25, -0.2) is 0 Å². The van der Waals surface area contributed by atoms with E-state index in [2.05, 4.69) is 31.4 Å². The Bertz CT molecular complexity index is 232. The van der Waals surface area contributed by atoms with Gasteiger partial charge in [0.1, 0.15) is 0 Å². The Kier molecular flexibility index (Phi) is 5.96. The van der Waals surface area contributed by atoms with Crippen LogP contribution in [0.15, 0.2) is 0 Å². The molecule has 1 rings (SSSR count). The quantitative estimate of drug-likeness (QED) is 0.749. The van der Waals surface area contributed by atoms with Gasteiger partial charge in [-0.05, 0) is 18.3 Å². The summed E-state index contributed by atoms with van der Waals surface area (Å²) in [6.07, 6.45) is 7.12. The first-order valence-corrected chi connectivity index (χ1v) is 7.02. The Labute approximate surface area is 106 Å². The molecule has 1 amide bonds. The number of carbonyl (C=O) groups excluding carboxylic acids is 1. The molecule has 0 aliphatic heterocycles. The first-order valence-electron chi connectivity index (χ1n) is 7.02. The van der Waals surface area contributed by atoms with Crippen LogP contribution in [0.5, 0.6) is 0 Å². The summed E-state index contributed by atoms with van der Waals surface area (Å²) >= 11 is 0. The summed E-state index contributed by atoms with van der Waals surface area (Å²) in [5.74, 6) is 0.185. The number of nitrogens with one attached hydrogen (secondary N) is 2. The molecule has 0 aromatic rings. The monoisotopic (exact) mass is 240 g/mol. The average Bonchev–Trinajstić information content (AvgIpc) is 2.27. The number of hydrogen-bond acceptors (Lipinski definition) is 2. The molecule has 0 unspecified atom stereocenters. The maximum Gasteiger partial charge on any atom is 0.221 e. The highest BCUT2D eigenvalue weighted by molar-refractivity contribution is 5.76. The zero-order chi connectivity index (χ0) is 12.7. The molecule has 0 aromatic carbocycles. The van der Waals surface area contributed by atoms with Crippen LogP contribution in [-0.4, -0.2) is 25.0 Å². The van der Waals surface area contributed by atoms with Crippen molar-refractivity contribution in [3.05, 3.63) is 0 Å². The van der Waals surface area contributed by atoms with Crippen molar-refractivity contribution in [2.75, 3.05) is 13.1 Å². The lowest BCUT2D eigenvalue weighted by Gasteiger charge is -2.33. The Morgan fingerprint density at radius 3 is 2.47 bits per heavy atom. The van der Waals surface area contributed by atoms with Crippen LogP contribution in [-0.2, 0) is 4.79 Å². The maximum atomic E-state index is 11.7. The minimum atomic E-state index is 0.185. The molecule has 1 saturated carbocycles. The minimum Gasteiger partial charge on any atom is -0.356 e. The van der Waals surface area contributed by atoms with Gasteiger partial charge < -0.3 is 10.6 Å². The molecule has 100 valence electrons. The van der Waals surface area contributed by atoms with Crippen molar-refractivity contribution in [2.45, 2.75) is 65.3 Å². The highest BCUT2D eigenvalue weighted by atomic mass is 16.1. The number of hydrogen-bond donors (Lipinski definition) is 2. The molecular formula is C14H28N2O. The lowest BCUT2D eigenvalue weighted by atomic mass is 9.76. The van der Waals surface area contributed by atoms with Gasteiger partial charge in [0.05, 0.1) is 0 Å². The summed E-state index contributed by atoms with van der Waals surface area (Å²) in [6, 6.07) is 0.457. The van der Waals surface area contributed by atoms with Crippen molar-refractivity contribution in [1.29, 1.82) is 0 Å². The third-order valence-electron chi connectivity index (χ3n) is 3.68. The highest BCUT2D eigenvalue weighted by Crippen LogP contribution is 2.34. The predicted molar refractivity (Wildman–Crippen MR) is 72.0 cm³/mol. The van der Waals surface area contributed by atoms with E-state index in [4.69, 9.17) is 0 Å². The van der Waals surface area contributed by atoms with Crippen molar-refractivity contribution in [2.24, 2.45) is 5.41 Å². The molecule has 2 N–H and O–H groups in total. The highest BCUT2D eigenvalue weighted by Gasteiger charge is 2.26. The van der Waals surface area contributed by atoms with Gasteiger partial charge in [0.15, 0.2) is 0 Å². The Balaban J connectivity index is 2.14. The van der Waals surface area contributed by atoms with Gasteiger partial charge >= 0.3 is 0 Å². The minimum absolute atomic E-state index is 0.185. The molecule has 17 heavy (non-hydrogen) atoms. The van der Waals surface area contributed by atoms with Crippen LogP contribution in [0.4, 0.5) is 0 Å². The molecule has 0 radical (unpaired) electrons. The van der Waals surface area contributed by atoms with Gasteiger partial charge in [-0.1, -0.05) is 40.0 Å². The molecule has 1 aliphatic carbocycles. The van der Waals surface area contributed by atoms with E-state index in [0.717, 1.165) is 13.1 Å². The zero-order valence-electron chi connectivity index (χ0n) is 11.6. The molecule has 0 saturated heterocycles. The largest absolute Gasteiger partial charge is 0.356 e. The van der Waals surface area contributed by atoms with E-state index in [9.17, 15) is 4.79 Å². The lowest BCUT2D eigenvalue weighted by molar-refractivity contribution is -0.121. The van der Waals surface area contributed by atoms with Gasteiger partial charge in [-0.2, -0.15) is 0 Å². The van der Waals surface area contributed by atoms with Crippen molar-refractivity contribution >= 4 is 5.91 Å². The fraction of sp³-hybridized carbons (Fsp3) is 0.929. The van der Waals surface area contributed by atoms with Gasteiger partial charge in [-0.3, -0.25) is 4.79 Å². The van der Waals surface area contributed by atoms with Crippen LogP contribution >= 0.6 is 0 Å². The van der Waals surface area contributed by atoms with E-state index in [1.165, 1.54) is 32.1 Å². The summed E-state index contributed by atoms with van der Waals surface area (Å²) in [7, 11) is 0.